The van der Waals surface area contributed by atoms with Gasteiger partial charge >= 0.3 is 0 Å². The molecule has 0 radical (unpaired) electrons. The quantitative estimate of drug-likeness (QED) is 0.652. The van der Waals surface area contributed by atoms with Gasteiger partial charge < -0.3 is 4.52 Å². The Morgan fingerprint density at radius 3 is 2.19 bits per heavy atom. The second-order valence-corrected chi connectivity index (χ2v) is 9.28. The molecular weight excluding hydrogens is 348 g/mol. The van der Waals surface area contributed by atoms with Crippen LogP contribution in [0.15, 0.2) is 57.9 Å². The van der Waals surface area contributed by atoms with Crippen molar-refractivity contribution in [1.29, 1.82) is 0 Å². The van der Waals surface area contributed by atoms with E-state index in [-0.39, 0.29) is 0 Å². The fourth-order valence-corrected chi connectivity index (χ4v) is 4.04. The molecule has 0 amide bonds. The van der Waals surface area contributed by atoms with Crippen molar-refractivity contribution in [3.8, 4) is 22.4 Å². The predicted octanol–water partition coefficient (Wildman–Crippen LogP) is 3.92. The molecule has 6 heteroatoms. The zero-order valence-electron chi connectivity index (χ0n) is 15.6. The van der Waals surface area contributed by atoms with Gasteiger partial charge in [-0.3, -0.25) is 4.48 Å². The molecular formula is C20H23N2O3S+. The van der Waals surface area contributed by atoms with Crippen molar-refractivity contribution >= 4 is 15.5 Å². The van der Waals surface area contributed by atoms with Crippen molar-refractivity contribution in [3.63, 3.8) is 0 Å². The Morgan fingerprint density at radius 2 is 1.62 bits per heavy atom. The van der Waals surface area contributed by atoms with E-state index < -0.39 is 9.84 Å². The molecule has 0 saturated heterocycles. The number of nitrogens with zero attached hydrogens (tertiary/aromatic N) is 2. The molecule has 1 heterocycles. The van der Waals surface area contributed by atoms with Gasteiger partial charge in [-0.05, 0) is 18.6 Å². The van der Waals surface area contributed by atoms with Crippen molar-refractivity contribution in [2.75, 3.05) is 27.4 Å². The largest absolute Gasteiger partial charge is 0.360 e. The van der Waals surface area contributed by atoms with Gasteiger partial charge in [-0.2, -0.15) is 0 Å². The highest BCUT2D eigenvalue weighted by Crippen LogP contribution is 2.38. The minimum atomic E-state index is -3.33. The first-order chi connectivity index (χ1) is 12.1. The maximum Gasteiger partial charge on any atom is 0.181 e. The molecule has 1 aromatic heterocycles. The Bertz CT molecular complexity index is 1050. The molecule has 0 unspecified atom stereocenters. The molecule has 136 valence electrons. The Balaban J connectivity index is 2.26. The van der Waals surface area contributed by atoms with Crippen LogP contribution in [0, 0.1) is 6.92 Å². The number of sulfone groups is 1. The first-order valence-corrected chi connectivity index (χ1v) is 10.2. The van der Waals surface area contributed by atoms with Crippen LogP contribution in [0.25, 0.3) is 22.4 Å². The lowest BCUT2D eigenvalue weighted by Crippen LogP contribution is -2.36. The normalized spacial score (nSPS) is 12.3. The summed E-state index contributed by atoms with van der Waals surface area (Å²) >= 11 is 0. The number of quaternary nitrogens is 1. The average molecular weight is 371 g/mol. The lowest BCUT2D eigenvalue weighted by Gasteiger charge is -2.26. The topological polar surface area (TPSA) is 60.2 Å². The molecule has 3 aromatic rings. The Kier molecular flexibility index (Phi) is 4.50. The third-order valence-corrected chi connectivity index (χ3v) is 5.42. The summed E-state index contributed by atoms with van der Waals surface area (Å²) in [6.07, 6.45) is 1.24. The van der Waals surface area contributed by atoms with Gasteiger partial charge in [0.05, 0.1) is 26.7 Å². The summed E-state index contributed by atoms with van der Waals surface area (Å²) in [5, 5.41) is 4.23. The first kappa shape index (κ1) is 18.4. The number of hydrogen-bond donors (Lipinski definition) is 0. The zero-order chi connectivity index (χ0) is 19.1. The second kappa shape index (κ2) is 6.37. The van der Waals surface area contributed by atoms with E-state index >= 15 is 0 Å². The standard InChI is InChI=1S/C20H23N2O3S/c1-14-19(20(21-25-14)15-9-7-6-8-10-15)16-11-12-18(26(5,23)24)17(13-16)22(2,3)4/h6-13H,1-5H3/q+1. The third kappa shape index (κ3) is 3.43. The van der Waals surface area contributed by atoms with Gasteiger partial charge in [-0.25, -0.2) is 8.42 Å². The van der Waals surface area contributed by atoms with Crippen LogP contribution in [0.4, 0.5) is 5.69 Å². The molecule has 0 aliphatic carbocycles. The highest BCUT2D eigenvalue weighted by atomic mass is 32.2. The van der Waals surface area contributed by atoms with Crippen LogP contribution >= 0.6 is 0 Å². The van der Waals surface area contributed by atoms with Crippen LogP contribution < -0.4 is 4.48 Å². The van der Waals surface area contributed by atoms with Gasteiger partial charge in [-0.1, -0.05) is 41.6 Å². The van der Waals surface area contributed by atoms with Gasteiger partial charge in [-0.15, -0.1) is 0 Å². The summed E-state index contributed by atoms with van der Waals surface area (Å²) in [7, 11) is 2.52. The van der Waals surface area contributed by atoms with Gasteiger partial charge in [0.2, 0.25) is 0 Å². The van der Waals surface area contributed by atoms with Crippen LogP contribution in [-0.4, -0.2) is 41.0 Å². The number of hydrogen-bond acceptors (Lipinski definition) is 4. The van der Waals surface area contributed by atoms with Crippen molar-refractivity contribution in [1.82, 2.24) is 9.64 Å². The molecule has 0 saturated carbocycles. The van der Waals surface area contributed by atoms with Crippen LogP contribution in [-0.2, 0) is 9.84 Å². The first-order valence-electron chi connectivity index (χ1n) is 8.27. The van der Waals surface area contributed by atoms with E-state index in [4.69, 9.17) is 4.52 Å². The van der Waals surface area contributed by atoms with Crippen molar-refractivity contribution in [3.05, 3.63) is 54.3 Å². The fourth-order valence-electron chi connectivity index (χ4n) is 3.02. The maximum absolute atomic E-state index is 12.2. The number of rotatable bonds is 4. The summed E-state index contributed by atoms with van der Waals surface area (Å²) < 4.78 is 30.3. The molecule has 0 atom stereocenters. The van der Waals surface area contributed by atoms with Gasteiger partial charge in [0.15, 0.2) is 15.5 Å². The highest BCUT2D eigenvalue weighted by molar-refractivity contribution is 7.90. The lowest BCUT2D eigenvalue weighted by molar-refractivity contribution is 0.400. The molecule has 0 aliphatic heterocycles. The van der Waals surface area contributed by atoms with Gasteiger partial charge in [0, 0.05) is 17.9 Å². The summed E-state index contributed by atoms with van der Waals surface area (Å²) in [5.74, 6) is 0.698. The molecule has 2 aromatic carbocycles. The molecule has 0 N–H and O–H groups in total. The van der Waals surface area contributed by atoms with E-state index in [1.165, 1.54) is 6.26 Å². The molecule has 0 aliphatic rings. The predicted molar refractivity (Wildman–Crippen MR) is 105 cm³/mol. The smallest absolute Gasteiger partial charge is 0.181 e. The van der Waals surface area contributed by atoms with Crippen LogP contribution in [0.5, 0.6) is 0 Å². The van der Waals surface area contributed by atoms with E-state index in [1.807, 2.05) is 70.5 Å². The van der Waals surface area contributed by atoms with E-state index in [0.717, 1.165) is 28.1 Å². The number of benzene rings is 2. The van der Waals surface area contributed by atoms with Crippen molar-refractivity contribution in [2.45, 2.75) is 11.8 Å². The summed E-state index contributed by atoms with van der Waals surface area (Å²) in [5.41, 5.74) is 4.20. The van der Waals surface area contributed by atoms with Crippen molar-refractivity contribution < 1.29 is 12.9 Å². The molecule has 0 spiro atoms. The SMILES string of the molecule is Cc1onc(-c2ccccc2)c1-c1ccc(S(C)(=O)=O)c([N+](C)(C)C)c1. The fraction of sp³-hybridized carbons (Fsp3) is 0.250. The summed E-state index contributed by atoms with van der Waals surface area (Å²) in [6, 6.07) is 15.2. The van der Waals surface area contributed by atoms with Crippen LogP contribution in [0.3, 0.4) is 0 Å². The Morgan fingerprint density at radius 1 is 0.962 bits per heavy atom. The summed E-state index contributed by atoms with van der Waals surface area (Å²) in [6.45, 7) is 1.87. The second-order valence-electron chi connectivity index (χ2n) is 7.30. The molecule has 0 fully saturated rings. The van der Waals surface area contributed by atoms with E-state index in [1.54, 1.807) is 6.07 Å². The van der Waals surface area contributed by atoms with Crippen molar-refractivity contribution in [2.24, 2.45) is 0 Å². The van der Waals surface area contributed by atoms with Gasteiger partial charge in [0.1, 0.15) is 16.3 Å². The number of aryl methyl sites for hydroxylation is 1. The summed E-state index contributed by atoms with van der Waals surface area (Å²) in [4.78, 5) is 0.337. The third-order valence-electron chi connectivity index (χ3n) is 4.28. The molecule has 0 bridgehead atoms. The van der Waals surface area contributed by atoms with Crippen LogP contribution in [0.1, 0.15) is 5.76 Å². The molecule has 3 rings (SSSR count). The minimum Gasteiger partial charge on any atom is -0.360 e. The maximum atomic E-state index is 12.2. The Hall–Kier alpha value is -2.44. The number of aromatic nitrogens is 1. The van der Waals surface area contributed by atoms with Crippen LogP contribution in [0.2, 0.25) is 0 Å². The van der Waals surface area contributed by atoms with E-state index in [0.29, 0.717) is 15.1 Å². The lowest BCUT2D eigenvalue weighted by atomic mass is 9.99. The highest BCUT2D eigenvalue weighted by Gasteiger charge is 2.26. The Labute approximate surface area is 154 Å². The molecule has 5 nitrogen and oxygen atoms in total. The van der Waals surface area contributed by atoms with E-state index in [9.17, 15) is 8.42 Å². The van der Waals surface area contributed by atoms with E-state index in [2.05, 4.69) is 5.16 Å². The monoisotopic (exact) mass is 371 g/mol. The molecule has 26 heavy (non-hydrogen) atoms. The minimum absolute atomic E-state index is 0.337. The zero-order valence-corrected chi connectivity index (χ0v) is 16.5. The van der Waals surface area contributed by atoms with Gasteiger partial charge in [0.25, 0.3) is 0 Å². The average Bonchev–Trinajstić information content (AvgIpc) is 2.95.